The lowest BCUT2D eigenvalue weighted by molar-refractivity contribution is -0.135. The van der Waals surface area contributed by atoms with Crippen LogP contribution in [-0.4, -0.2) is 25.3 Å². The van der Waals surface area contributed by atoms with Gasteiger partial charge in [-0.15, -0.1) is 0 Å². The fraction of sp³-hybridized carbons (Fsp3) is 0.250. The average molecular weight is 237 g/mol. The maximum Gasteiger partial charge on any atom is 0.307 e. The lowest BCUT2D eigenvalue weighted by Crippen LogP contribution is -2.00. The van der Waals surface area contributed by atoms with Gasteiger partial charge in [-0.25, -0.2) is 0 Å². The van der Waals surface area contributed by atoms with Crippen molar-refractivity contribution in [1.29, 1.82) is 0 Å². The van der Waals surface area contributed by atoms with E-state index in [-0.39, 0.29) is 6.42 Å². The highest BCUT2D eigenvalue weighted by atomic mass is 16.5. The molecule has 17 heavy (non-hydrogen) atoms. The Labute approximate surface area is 99.5 Å². The minimum Gasteiger partial charge on any atom is -0.494 e. The Balaban J connectivity index is 3.17. The van der Waals surface area contributed by atoms with Crippen molar-refractivity contribution in [3.05, 3.63) is 24.3 Å². The molecule has 0 saturated heterocycles. The molecule has 5 nitrogen and oxygen atoms in total. The summed E-state index contributed by atoms with van der Waals surface area (Å²) in [6.07, 6.45) is -0.143. The van der Waals surface area contributed by atoms with Gasteiger partial charge in [-0.1, -0.05) is 6.58 Å². The van der Waals surface area contributed by atoms with Crippen LogP contribution in [0.3, 0.4) is 0 Å². The first-order valence-electron chi connectivity index (χ1n) is 4.91. The Morgan fingerprint density at radius 2 is 1.82 bits per heavy atom. The summed E-state index contributed by atoms with van der Waals surface area (Å²) in [6.45, 7) is 3.71. The average Bonchev–Trinajstić information content (AvgIpc) is 2.28. The lowest BCUT2D eigenvalue weighted by atomic mass is 10.0. The third-order valence-electron chi connectivity index (χ3n) is 2.32. The van der Waals surface area contributed by atoms with Gasteiger partial charge in [0.1, 0.15) is 17.2 Å². The van der Waals surface area contributed by atoms with E-state index in [9.17, 15) is 4.79 Å². The van der Waals surface area contributed by atoms with Crippen LogP contribution < -0.4 is 15.2 Å². The molecule has 0 radical (unpaired) electrons. The van der Waals surface area contributed by atoms with E-state index < -0.39 is 5.97 Å². The molecule has 0 aliphatic carbocycles. The zero-order valence-electron chi connectivity index (χ0n) is 9.82. The van der Waals surface area contributed by atoms with Gasteiger partial charge in [0.15, 0.2) is 0 Å². The fourth-order valence-corrected chi connectivity index (χ4v) is 1.43. The Morgan fingerprint density at radius 1 is 1.35 bits per heavy atom. The molecule has 1 rings (SSSR count). The number of benzene rings is 1. The van der Waals surface area contributed by atoms with Crippen molar-refractivity contribution in [3.63, 3.8) is 0 Å². The second-order valence-corrected chi connectivity index (χ2v) is 3.47. The molecule has 1 aromatic carbocycles. The van der Waals surface area contributed by atoms with Crippen LogP contribution in [-0.2, 0) is 4.79 Å². The minimum atomic E-state index is -0.940. The molecule has 92 valence electrons. The van der Waals surface area contributed by atoms with E-state index in [1.54, 1.807) is 12.1 Å². The summed E-state index contributed by atoms with van der Waals surface area (Å²) in [5, 5.41) is 8.70. The molecule has 0 aliphatic heterocycles. The number of aliphatic carboxylic acids is 1. The van der Waals surface area contributed by atoms with Crippen LogP contribution in [0.5, 0.6) is 11.5 Å². The summed E-state index contributed by atoms with van der Waals surface area (Å²) in [6, 6.07) is 3.28. The summed E-state index contributed by atoms with van der Waals surface area (Å²) >= 11 is 0. The van der Waals surface area contributed by atoms with Gasteiger partial charge in [0.2, 0.25) is 0 Å². The monoisotopic (exact) mass is 237 g/mol. The third-order valence-corrected chi connectivity index (χ3v) is 2.32. The number of methoxy groups -OCH3 is 2. The minimum absolute atomic E-state index is 0.143. The van der Waals surface area contributed by atoms with Crippen molar-refractivity contribution in [2.24, 2.45) is 0 Å². The largest absolute Gasteiger partial charge is 0.494 e. The highest BCUT2D eigenvalue weighted by Crippen LogP contribution is 2.35. The van der Waals surface area contributed by atoms with Crippen molar-refractivity contribution in [3.8, 4) is 11.5 Å². The molecule has 0 saturated carbocycles. The van der Waals surface area contributed by atoms with Crippen LogP contribution >= 0.6 is 0 Å². The Hall–Kier alpha value is -2.17. The van der Waals surface area contributed by atoms with E-state index in [1.165, 1.54) is 14.2 Å². The van der Waals surface area contributed by atoms with Crippen LogP contribution in [0.15, 0.2) is 18.7 Å². The summed E-state index contributed by atoms with van der Waals surface area (Å²) < 4.78 is 10.2. The van der Waals surface area contributed by atoms with Gasteiger partial charge in [-0.2, -0.15) is 0 Å². The molecule has 0 unspecified atom stereocenters. The van der Waals surface area contributed by atoms with Gasteiger partial charge in [0.05, 0.1) is 20.6 Å². The first-order chi connectivity index (χ1) is 7.99. The number of rotatable bonds is 5. The van der Waals surface area contributed by atoms with Crippen molar-refractivity contribution in [1.82, 2.24) is 0 Å². The van der Waals surface area contributed by atoms with E-state index in [0.717, 1.165) is 0 Å². The number of ether oxygens (including phenoxy) is 2. The summed E-state index contributed by atoms with van der Waals surface area (Å²) in [4.78, 5) is 10.6. The van der Waals surface area contributed by atoms with Crippen LogP contribution in [0.1, 0.15) is 12.0 Å². The molecular formula is C12H15NO4. The van der Waals surface area contributed by atoms with Gasteiger partial charge >= 0.3 is 5.97 Å². The summed E-state index contributed by atoms with van der Waals surface area (Å²) in [7, 11) is 2.96. The normalized spacial score (nSPS) is 9.76. The second-order valence-electron chi connectivity index (χ2n) is 3.47. The van der Waals surface area contributed by atoms with Crippen LogP contribution in [0.2, 0.25) is 0 Å². The molecule has 1 aromatic rings. The van der Waals surface area contributed by atoms with Crippen LogP contribution in [0.4, 0.5) is 5.69 Å². The molecule has 0 bridgehead atoms. The molecule has 0 aromatic heterocycles. The molecular weight excluding hydrogens is 222 g/mol. The first kappa shape index (κ1) is 12.9. The summed E-state index contributed by atoms with van der Waals surface area (Å²) in [5.41, 5.74) is 7.26. The number of hydrogen-bond acceptors (Lipinski definition) is 4. The van der Waals surface area contributed by atoms with Crippen molar-refractivity contribution < 1.29 is 19.4 Å². The molecule has 0 aliphatic rings. The number of nitrogen functional groups attached to an aromatic ring is 1. The number of nitrogens with two attached hydrogens (primary N) is 1. The van der Waals surface area contributed by atoms with E-state index in [2.05, 4.69) is 6.58 Å². The number of carbonyl (C=O) groups is 1. The molecule has 0 fully saturated rings. The van der Waals surface area contributed by atoms with Gasteiger partial charge in [-0.3, -0.25) is 4.79 Å². The van der Waals surface area contributed by atoms with Gasteiger partial charge in [-0.05, 0) is 23.3 Å². The molecule has 0 heterocycles. The predicted molar refractivity (Wildman–Crippen MR) is 65.2 cm³/mol. The van der Waals surface area contributed by atoms with Gasteiger partial charge < -0.3 is 20.3 Å². The van der Waals surface area contributed by atoms with Crippen molar-refractivity contribution >= 4 is 17.2 Å². The number of carboxylic acid groups (broad SMARTS) is 1. The van der Waals surface area contributed by atoms with Crippen molar-refractivity contribution in [2.75, 3.05) is 20.0 Å². The molecule has 0 spiro atoms. The maximum absolute atomic E-state index is 10.6. The molecule has 0 atom stereocenters. The number of anilines is 1. The highest BCUT2D eigenvalue weighted by Gasteiger charge is 2.12. The Kier molecular flexibility index (Phi) is 3.98. The highest BCUT2D eigenvalue weighted by molar-refractivity contribution is 5.84. The second kappa shape index (κ2) is 5.25. The topological polar surface area (TPSA) is 81.8 Å². The van der Waals surface area contributed by atoms with Crippen LogP contribution in [0.25, 0.3) is 5.57 Å². The molecule has 3 N–H and O–H groups in total. The molecule has 5 heteroatoms. The number of carboxylic acids is 1. The van der Waals surface area contributed by atoms with E-state index in [4.69, 9.17) is 20.3 Å². The fourth-order valence-electron chi connectivity index (χ4n) is 1.43. The Morgan fingerprint density at radius 3 is 2.18 bits per heavy atom. The van der Waals surface area contributed by atoms with Crippen LogP contribution in [0, 0.1) is 0 Å². The lowest BCUT2D eigenvalue weighted by Gasteiger charge is -2.12. The zero-order chi connectivity index (χ0) is 13.0. The van der Waals surface area contributed by atoms with E-state index in [0.29, 0.717) is 28.3 Å². The standard InChI is InChI=1S/C12H15NO4/c1-7(4-11(14)15)8-5-9(16-2)12(13)10(6-8)17-3/h5-6H,1,4,13H2,2-3H3,(H,14,15). The smallest absolute Gasteiger partial charge is 0.307 e. The SMILES string of the molecule is C=C(CC(=O)O)c1cc(OC)c(N)c(OC)c1. The maximum atomic E-state index is 10.6. The first-order valence-corrected chi connectivity index (χ1v) is 4.91. The van der Waals surface area contributed by atoms with E-state index in [1.807, 2.05) is 0 Å². The van der Waals surface area contributed by atoms with Crippen molar-refractivity contribution in [2.45, 2.75) is 6.42 Å². The summed E-state index contributed by atoms with van der Waals surface area (Å²) in [5.74, 6) is -0.0680. The Bertz CT molecular complexity index is 429. The quantitative estimate of drug-likeness (QED) is 0.763. The zero-order valence-corrected chi connectivity index (χ0v) is 9.82. The number of hydrogen-bond donors (Lipinski definition) is 2. The van der Waals surface area contributed by atoms with E-state index >= 15 is 0 Å². The predicted octanol–water partition coefficient (Wildman–Crippen LogP) is 1.77. The molecule has 0 amide bonds. The van der Waals surface area contributed by atoms with Gasteiger partial charge in [0, 0.05) is 0 Å². The van der Waals surface area contributed by atoms with Gasteiger partial charge in [0.25, 0.3) is 0 Å². The third kappa shape index (κ3) is 2.90.